The fraction of sp³-hybridized carbons (Fsp3) is 0.333. The van der Waals surface area contributed by atoms with E-state index in [1.807, 2.05) is 17.6 Å². The molecule has 2 saturated heterocycles. The van der Waals surface area contributed by atoms with Crippen molar-refractivity contribution < 1.29 is 4.39 Å². The van der Waals surface area contributed by atoms with Crippen LogP contribution in [0.4, 0.5) is 21.8 Å². The number of rotatable bonds is 6. The molecule has 38 heavy (non-hydrogen) atoms. The molecule has 3 aromatic heterocycles. The molecule has 1 atom stereocenters. The van der Waals surface area contributed by atoms with Crippen LogP contribution in [-0.4, -0.2) is 65.2 Å². The summed E-state index contributed by atoms with van der Waals surface area (Å²) in [4.78, 5) is 34.9. The van der Waals surface area contributed by atoms with Gasteiger partial charge < -0.3 is 20.4 Å². The Morgan fingerprint density at radius 2 is 1.87 bits per heavy atom. The van der Waals surface area contributed by atoms with E-state index in [2.05, 4.69) is 36.5 Å². The SMILES string of the molecule is O=c1[nH]c(N2CCN(c3cccnc3)CC2)nc(N[C@@H]2CCCNC2)c1-c1nc(-c2ccc(F)cc2)cs1. The maximum Gasteiger partial charge on any atom is 0.264 e. The molecule has 2 aliphatic rings. The molecule has 2 fully saturated rings. The number of aromatic nitrogens is 4. The third kappa shape index (κ3) is 5.25. The van der Waals surface area contributed by atoms with E-state index in [0.717, 1.165) is 63.4 Å². The van der Waals surface area contributed by atoms with Crippen molar-refractivity contribution in [2.75, 3.05) is 54.4 Å². The number of hydrogen-bond donors (Lipinski definition) is 3. The van der Waals surface area contributed by atoms with Gasteiger partial charge in [-0.25, -0.2) is 9.37 Å². The van der Waals surface area contributed by atoms with Crippen LogP contribution in [0, 0.1) is 5.82 Å². The zero-order chi connectivity index (χ0) is 25.9. The second kappa shape index (κ2) is 10.9. The molecule has 0 aliphatic carbocycles. The lowest BCUT2D eigenvalue weighted by Gasteiger charge is -2.36. The number of nitrogens with one attached hydrogen (secondary N) is 3. The molecule has 1 aromatic carbocycles. The van der Waals surface area contributed by atoms with Gasteiger partial charge in [0.25, 0.3) is 5.56 Å². The number of hydrogen-bond acceptors (Lipinski definition) is 9. The zero-order valence-electron chi connectivity index (χ0n) is 20.9. The van der Waals surface area contributed by atoms with Crippen LogP contribution in [0.2, 0.25) is 0 Å². The molecule has 5 heterocycles. The number of nitrogens with zero attached hydrogens (tertiary/aromatic N) is 5. The molecule has 0 spiro atoms. The van der Waals surface area contributed by atoms with Crippen LogP contribution in [-0.2, 0) is 0 Å². The molecule has 2 aliphatic heterocycles. The van der Waals surface area contributed by atoms with Crippen molar-refractivity contribution >= 4 is 28.8 Å². The number of benzene rings is 1. The van der Waals surface area contributed by atoms with Gasteiger partial charge in [-0.1, -0.05) is 0 Å². The third-order valence-electron chi connectivity index (χ3n) is 6.99. The number of aromatic amines is 1. The van der Waals surface area contributed by atoms with E-state index in [-0.39, 0.29) is 17.4 Å². The van der Waals surface area contributed by atoms with Crippen LogP contribution in [0.1, 0.15) is 12.8 Å². The summed E-state index contributed by atoms with van der Waals surface area (Å²) in [5.74, 6) is 0.813. The summed E-state index contributed by atoms with van der Waals surface area (Å²) in [6.07, 6.45) is 5.71. The molecule has 6 rings (SSSR count). The van der Waals surface area contributed by atoms with Gasteiger partial charge in [-0.2, -0.15) is 4.98 Å². The standard InChI is InChI=1S/C27H29FN8OS/c28-19-7-5-18(6-8-19)22-17-38-26(32-22)23-24(31-20-3-1-9-29-15-20)33-27(34-25(23)37)36-13-11-35(12-14-36)21-4-2-10-30-16-21/h2,4-8,10,16-17,20,29H,1,3,9,11-15H2,(H2,31,33,34,37)/t20-/m1/s1. The summed E-state index contributed by atoms with van der Waals surface area (Å²) in [6.45, 7) is 4.88. The maximum atomic E-state index is 13.5. The lowest BCUT2D eigenvalue weighted by molar-refractivity contribution is 0.479. The third-order valence-corrected chi connectivity index (χ3v) is 7.85. The predicted octanol–water partition coefficient (Wildman–Crippen LogP) is 3.59. The Balaban J connectivity index is 1.30. The highest BCUT2D eigenvalue weighted by Crippen LogP contribution is 2.32. The molecule has 11 heteroatoms. The summed E-state index contributed by atoms with van der Waals surface area (Å²) < 4.78 is 13.4. The monoisotopic (exact) mass is 532 g/mol. The van der Waals surface area contributed by atoms with Crippen molar-refractivity contribution in [1.29, 1.82) is 0 Å². The van der Waals surface area contributed by atoms with E-state index in [1.54, 1.807) is 18.3 Å². The first kappa shape index (κ1) is 24.5. The Morgan fingerprint density at radius 1 is 1.05 bits per heavy atom. The van der Waals surface area contributed by atoms with Gasteiger partial charge in [-0.05, 0) is 55.8 Å². The topological polar surface area (TPSA) is 102 Å². The minimum atomic E-state index is -0.297. The predicted molar refractivity (Wildman–Crippen MR) is 150 cm³/mol. The summed E-state index contributed by atoms with van der Waals surface area (Å²) in [5.41, 5.74) is 2.80. The number of thiazole rings is 1. The van der Waals surface area contributed by atoms with Gasteiger partial charge in [0.15, 0.2) is 0 Å². The van der Waals surface area contributed by atoms with Gasteiger partial charge in [0.2, 0.25) is 5.95 Å². The van der Waals surface area contributed by atoms with Crippen molar-refractivity contribution in [2.24, 2.45) is 0 Å². The lowest BCUT2D eigenvalue weighted by atomic mass is 10.1. The van der Waals surface area contributed by atoms with Crippen LogP contribution in [0.25, 0.3) is 21.8 Å². The second-order valence-corrected chi connectivity index (χ2v) is 10.4. The smallest absolute Gasteiger partial charge is 0.264 e. The number of piperazine rings is 1. The van der Waals surface area contributed by atoms with Gasteiger partial charge in [0, 0.05) is 55.9 Å². The van der Waals surface area contributed by atoms with Crippen LogP contribution >= 0.6 is 11.3 Å². The number of halogens is 1. The molecular weight excluding hydrogens is 503 g/mol. The van der Waals surface area contributed by atoms with Gasteiger partial charge in [-0.15, -0.1) is 11.3 Å². The zero-order valence-corrected chi connectivity index (χ0v) is 21.7. The van der Waals surface area contributed by atoms with Crippen LogP contribution in [0.15, 0.2) is 59.0 Å². The molecule has 9 nitrogen and oxygen atoms in total. The van der Waals surface area contributed by atoms with Crippen LogP contribution in [0.3, 0.4) is 0 Å². The van der Waals surface area contributed by atoms with Crippen molar-refractivity contribution in [3.05, 3.63) is 70.3 Å². The molecule has 0 saturated carbocycles. The average Bonchev–Trinajstić information content (AvgIpc) is 3.44. The summed E-state index contributed by atoms with van der Waals surface area (Å²) in [5, 5.41) is 9.42. The van der Waals surface area contributed by atoms with Crippen molar-refractivity contribution in [3.63, 3.8) is 0 Å². The molecule has 196 valence electrons. The Labute approximate surface area is 223 Å². The van der Waals surface area contributed by atoms with Gasteiger partial charge in [-0.3, -0.25) is 14.8 Å². The largest absolute Gasteiger partial charge is 0.367 e. The molecule has 0 amide bonds. The molecular formula is C27H29FN8OS. The summed E-state index contributed by atoms with van der Waals surface area (Å²) >= 11 is 1.38. The van der Waals surface area contributed by atoms with Crippen molar-refractivity contribution in [3.8, 4) is 21.8 Å². The average molecular weight is 533 g/mol. The molecule has 4 aromatic rings. The van der Waals surface area contributed by atoms with Gasteiger partial charge in [0.1, 0.15) is 22.2 Å². The number of anilines is 3. The van der Waals surface area contributed by atoms with E-state index in [0.29, 0.717) is 28.0 Å². The number of H-pyrrole nitrogens is 1. The Hall–Kier alpha value is -3.83. The lowest BCUT2D eigenvalue weighted by Crippen LogP contribution is -2.47. The Bertz CT molecular complexity index is 1430. The van der Waals surface area contributed by atoms with Gasteiger partial charge >= 0.3 is 0 Å². The first-order chi connectivity index (χ1) is 18.6. The van der Waals surface area contributed by atoms with E-state index < -0.39 is 0 Å². The molecule has 3 N–H and O–H groups in total. The Morgan fingerprint density at radius 3 is 2.61 bits per heavy atom. The molecule has 0 unspecified atom stereocenters. The highest BCUT2D eigenvalue weighted by molar-refractivity contribution is 7.13. The van der Waals surface area contributed by atoms with Crippen molar-refractivity contribution in [1.82, 2.24) is 25.3 Å². The highest BCUT2D eigenvalue weighted by atomic mass is 32.1. The normalized spacial score (nSPS) is 18.0. The molecule has 0 radical (unpaired) electrons. The number of piperidine rings is 1. The van der Waals surface area contributed by atoms with Crippen LogP contribution < -0.4 is 26.0 Å². The maximum absolute atomic E-state index is 13.5. The molecule has 0 bridgehead atoms. The fourth-order valence-corrected chi connectivity index (χ4v) is 5.81. The van der Waals surface area contributed by atoms with Crippen molar-refractivity contribution in [2.45, 2.75) is 18.9 Å². The van der Waals surface area contributed by atoms with Crippen LogP contribution in [0.5, 0.6) is 0 Å². The fourth-order valence-electron chi connectivity index (χ4n) is 4.94. The van der Waals surface area contributed by atoms with Gasteiger partial charge in [0.05, 0.1) is 17.6 Å². The highest BCUT2D eigenvalue weighted by Gasteiger charge is 2.25. The minimum Gasteiger partial charge on any atom is -0.367 e. The Kier molecular flexibility index (Phi) is 7.02. The summed E-state index contributed by atoms with van der Waals surface area (Å²) in [6, 6.07) is 10.4. The second-order valence-electron chi connectivity index (χ2n) is 9.53. The summed E-state index contributed by atoms with van der Waals surface area (Å²) in [7, 11) is 0. The van der Waals surface area contributed by atoms with E-state index >= 15 is 0 Å². The van der Waals surface area contributed by atoms with E-state index in [9.17, 15) is 9.18 Å². The quantitative estimate of drug-likeness (QED) is 0.346. The first-order valence-corrected chi connectivity index (χ1v) is 13.8. The minimum absolute atomic E-state index is 0.170. The van der Waals surface area contributed by atoms with E-state index in [1.165, 1.54) is 23.5 Å². The van der Waals surface area contributed by atoms with E-state index in [4.69, 9.17) is 9.97 Å². The first-order valence-electron chi connectivity index (χ1n) is 12.9. The number of pyridine rings is 1.